The standard InChI is InChI=1S/C24H19ClFNO3/c1-13-3-4-14(8-19(13)24(29)30-2)7-16-9-15-10-20(21(25)12-23(15)27-16)18-6-5-17(28)11-22(18)26/h3-6,8-12,27-28H,7H2,1-2H3. The number of carbonyl (C=O) groups excluding carboxylic acids is 1. The van der Waals surface area contributed by atoms with E-state index in [0.29, 0.717) is 28.1 Å². The first kappa shape index (κ1) is 20.0. The van der Waals surface area contributed by atoms with Crippen molar-refractivity contribution in [3.8, 4) is 16.9 Å². The first-order chi connectivity index (χ1) is 14.4. The summed E-state index contributed by atoms with van der Waals surface area (Å²) in [5, 5.41) is 10.7. The van der Waals surface area contributed by atoms with E-state index in [2.05, 4.69) is 4.98 Å². The molecule has 0 saturated carbocycles. The minimum atomic E-state index is -0.540. The van der Waals surface area contributed by atoms with Crippen molar-refractivity contribution in [2.24, 2.45) is 0 Å². The lowest BCUT2D eigenvalue weighted by Crippen LogP contribution is -2.04. The Labute approximate surface area is 177 Å². The molecule has 0 atom stereocenters. The number of ether oxygens (including phenoxy) is 1. The Morgan fingerprint density at radius 2 is 1.90 bits per heavy atom. The van der Waals surface area contributed by atoms with Gasteiger partial charge < -0.3 is 14.8 Å². The van der Waals surface area contributed by atoms with Gasteiger partial charge in [0, 0.05) is 40.2 Å². The van der Waals surface area contributed by atoms with E-state index in [1.54, 1.807) is 6.07 Å². The lowest BCUT2D eigenvalue weighted by molar-refractivity contribution is 0.0600. The molecule has 0 amide bonds. The summed E-state index contributed by atoms with van der Waals surface area (Å²) >= 11 is 6.41. The summed E-state index contributed by atoms with van der Waals surface area (Å²) in [6.07, 6.45) is 0.583. The molecule has 0 aliphatic rings. The molecule has 3 aromatic carbocycles. The predicted octanol–water partition coefficient (Wildman–Crippen LogP) is 6.02. The Morgan fingerprint density at radius 1 is 1.10 bits per heavy atom. The van der Waals surface area contributed by atoms with Crippen LogP contribution in [0.25, 0.3) is 22.0 Å². The maximum atomic E-state index is 14.3. The average Bonchev–Trinajstić information content (AvgIpc) is 3.09. The smallest absolute Gasteiger partial charge is 0.338 e. The third-order valence-corrected chi connectivity index (χ3v) is 5.42. The molecule has 0 unspecified atom stereocenters. The number of phenolic OH excluding ortho intramolecular Hbond substituents is 1. The Morgan fingerprint density at radius 3 is 2.63 bits per heavy atom. The molecule has 0 spiro atoms. The molecule has 0 fully saturated rings. The van der Waals surface area contributed by atoms with Crippen LogP contribution in [0.2, 0.25) is 5.02 Å². The van der Waals surface area contributed by atoms with Crippen molar-refractivity contribution in [1.29, 1.82) is 0 Å². The highest BCUT2D eigenvalue weighted by molar-refractivity contribution is 6.34. The Kier molecular flexibility index (Phi) is 5.22. The lowest BCUT2D eigenvalue weighted by Gasteiger charge is -2.07. The Hall–Kier alpha value is -3.31. The van der Waals surface area contributed by atoms with Gasteiger partial charge in [0.05, 0.1) is 17.7 Å². The highest BCUT2D eigenvalue weighted by Gasteiger charge is 2.14. The van der Waals surface area contributed by atoms with Crippen LogP contribution in [-0.4, -0.2) is 23.2 Å². The molecule has 2 N–H and O–H groups in total. The third kappa shape index (κ3) is 3.76. The van der Waals surface area contributed by atoms with Crippen LogP contribution >= 0.6 is 11.6 Å². The van der Waals surface area contributed by atoms with Gasteiger partial charge in [-0.2, -0.15) is 0 Å². The van der Waals surface area contributed by atoms with Crippen molar-refractivity contribution in [2.75, 3.05) is 7.11 Å². The number of aromatic hydroxyl groups is 1. The third-order valence-electron chi connectivity index (χ3n) is 5.11. The minimum absolute atomic E-state index is 0.137. The van der Waals surface area contributed by atoms with Crippen LogP contribution in [0.4, 0.5) is 4.39 Å². The highest BCUT2D eigenvalue weighted by Crippen LogP contribution is 2.35. The van der Waals surface area contributed by atoms with E-state index in [-0.39, 0.29) is 11.7 Å². The van der Waals surface area contributed by atoms with Gasteiger partial charge in [0.25, 0.3) is 0 Å². The van der Waals surface area contributed by atoms with E-state index in [1.165, 1.54) is 19.2 Å². The molecule has 0 bridgehead atoms. The zero-order chi connectivity index (χ0) is 21.4. The fraction of sp³-hybridized carbons (Fsp3) is 0.125. The molecular formula is C24H19ClFNO3. The molecule has 4 aromatic rings. The van der Waals surface area contributed by atoms with E-state index < -0.39 is 5.82 Å². The normalized spacial score (nSPS) is 11.1. The number of methoxy groups -OCH3 is 1. The summed E-state index contributed by atoms with van der Waals surface area (Å²) in [7, 11) is 1.37. The van der Waals surface area contributed by atoms with Crippen molar-refractivity contribution in [3.05, 3.63) is 87.8 Å². The maximum Gasteiger partial charge on any atom is 0.338 e. The number of esters is 1. The fourth-order valence-electron chi connectivity index (χ4n) is 3.57. The summed E-state index contributed by atoms with van der Waals surface area (Å²) < 4.78 is 19.2. The summed E-state index contributed by atoms with van der Waals surface area (Å²) in [6.45, 7) is 1.87. The second-order valence-corrected chi connectivity index (χ2v) is 7.60. The van der Waals surface area contributed by atoms with Crippen LogP contribution < -0.4 is 0 Å². The van der Waals surface area contributed by atoms with Gasteiger partial charge in [0.1, 0.15) is 11.6 Å². The number of aryl methyl sites for hydroxylation is 1. The Balaban J connectivity index is 1.70. The average molecular weight is 424 g/mol. The zero-order valence-corrected chi connectivity index (χ0v) is 17.2. The molecule has 6 heteroatoms. The van der Waals surface area contributed by atoms with Crippen LogP contribution in [0.1, 0.15) is 27.2 Å². The molecule has 4 nitrogen and oxygen atoms in total. The summed E-state index contributed by atoms with van der Waals surface area (Å²) in [4.78, 5) is 15.3. The van der Waals surface area contributed by atoms with Crippen LogP contribution in [-0.2, 0) is 11.2 Å². The second kappa shape index (κ2) is 7.84. The summed E-state index contributed by atoms with van der Waals surface area (Å²) in [5.41, 5.74) is 5.00. The van der Waals surface area contributed by atoms with Crippen LogP contribution in [0.3, 0.4) is 0 Å². The van der Waals surface area contributed by atoms with Gasteiger partial charge in [-0.3, -0.25) is 0 Å². The molecule has 0 radical (unpaired) electrons. The molecule has 0 aliphatic carbocycles. The first-order valence-electron chi connectivity index (χ1n) is 9.33. The molecular weight excluding hydrogens is 405 g/mol. The highest BCUT2D eigenvalue weighted by atomic mass is 35.5. The van der Waals surface area contributed by atoms with E-state index in [4.69, 9.17) is 16.3 Å². The molecule has 0 saturated heterocycles. The van der Waals surface area contributed by atoms with Crippen molar-refractivity contribution in [1.82, 2.24) is 4.98 Å². The molecule has 4 rings (SSSR count). The predicted molar refractivity (Wildman–Crippen MR) is 116 cm³/mol. The Bertz CT molecular complexity index is 1280. The van der Waals surface area contributed by atoms with Crippen molar-refractivity contribution in [2.45, 2.75) is 13.3 Å². The number of fused-ring (bicyclic) bond motifs is 1. The molecule has 152 valence electrons. The van der Waals surface area contributed by atoms with Gasteiger partial charge in [0.15, 0.2) is 0 Å². The van der Waals surface area contributed by atoms with Gasteiger partial charge in [-0.05, 0) is 54.4 Å². The number of carbonyl (C=O) groups is 1. The van der Waals surface area contributed by atoms with Crippen LogP contribution in [0, 0.1) is 12.7 Å². The molecule has 1 heterocycles. The van der Waals surface area contributed by atoms with Gasteiger partial charge in [-0.15, -0.1) is 0 Å². The monoisotopic (exact) mass is 423 g/mol. The zero-order valence-electron chi connectivity index (χ0n) is 16.4. The molecule has 1 aromatic heterocycles. The quantitative estimate of drug-likeness (QED) is 0.394. The number of aromatic amines is 1. The summed E-state index contributed by atoms with van der Waals surface area (Å²) in [6, 6.07) is 15.3. The number of hydrogen-bond donors (Lipinski definition) is 2. The number of hydrogen-bond acceptors (Lipinski definition) is 3. The fourth-order valence-corrected chi connectivity index (χ4v) is 3.83. The second-order valence-electron chi connectivity index (χ2n) is 7.20. The number of nitrogens with one attached hydrogen (secondary N) is 1. The van der Waals surface area contributed by atoms with Gasteiger partial charge in [-0.25, -0.2) is 9.18 Å². The van der Waals surface area contributed by atoms with Gasteiger partial charge in [-0.1, -0.05) is 23.7 Å². The van der Waals surface area contributed by atoms with Crippen molar-refractivity contribution < 1.29 is 19.0 Å². The maximum absolute atomic E-state index is 14.3. The van der Waals surface area contributed by atoms with Crippen molar-refractivity contribution >= 4 is 28.5 Å². The van der Waals surface area contributed by atoms with E-state index in [9.17, 15) is 14.3 Å². The number of rotatable bonds is 4. The van der Waals surface area contributed by atoms with E-state index >= 15 is 0 Å². The summed E-state index contributed by atoms with van der Waals surface area (Å²) in [5.74, 6) is -1.04. The minimum Gasteiger partial charge on any atom is -0.508 e. The van der Waals surface area contributed by atoms with E-state index in [1.807, 2.05) is 37.3 Å². The van der Waals surface area contributed by atoms with Crippen LogP contribution in [0.15, 0.2) is 54.6 Å². The number of benzene rings is 3. The number of H-pyrrole nitrogens is 1. The van der Waals surface area contributed by atoms with Crippen LogP contribution in [0.5, 0.6) is 5.75 Å². The lowest BCUT2D eigenvalue weighted by atomic mass is 10.0. The number of aromatic nitrogens is 1. The SMILES string of the molecule is COC(=O)c1cc(Cc2cc3cc(-c4ccc(O)cc4F)c(Cl)cc3[nH]2)ccc1C. The molecule has 30 heavy (non-hydrogen) atoms. The first-order valence-corrected chi connectivity index (χ1v) is 9.71. The van der Waals surface area contributed by atoms with Gasteiger partial charge >= 0.3 is 5.97 Å². The number of phenols is 1. The largest absolute Gasteiger partial charge is 0.508 e. The van der Waals surface area contributed by atoms with Crippen molar-refractivity contribution in [3.63, 3.8) is 0 Å². The van der Waals surface area contributed by atoms with Gasteiger partial charge in [0.2, 0.25) is 0 Å². The number of halogens is 2. The topological polar surface area (TPSA) is 62.3 Å². The van der Waals surface area contributed by atoms with E-state index in [0.717, 1.165) is 33.8 Å². The molecule has 0 aliphatic heterocycles.